The molecule has 84 valence electrons. The summed E-state index contributed by atoms with van der Waals surface area (Å²) in [7, 11) is 1.65. The predicted molar refractivity (Wildman–Crippen MR) is 60.2 cm³/mol. The molecular weight excluding hydrogens is 262 g/mol. The maximum absolute atomic E-state index is 11.4. The number of furan rings is 1. The number of alkyl halides is 1. The van der Waals surface area contributed by atoms with Gasteiger partial charge in [0, 0.05) is 18.5 Å². The summed E-state index contributed by atoms with van der Waals surface area (Å²) in [5.41, 5.74) is 0.549. The summed E-state index contributed by atoms with van der Waals surface area (Å²) >= 11 is 3.44. The van der Waals surface area contributed by atoms with E-state index in [0.29, 0.717) is 18.7 Å². The second kappa shape index (κ2) is 6.63. The van der Waals surface area contributed by atoms with Crippen molar-refractivity contribution in [2.24, 2.45) is 0 Å². The highest BCUT2D eigenvalue weighted by molar-refractivity contribution is 9.09. The zero-order valence-corrected chi connectivity index (χ0v) is 10.1. The summed E-state index contributed by atoms with van der Waals surface area (Å²) < 4.78 is 9.77. The van der Waals surface area contributed by atoms with Gasteiger partial charge in [-0.25, -0.2) is 0 Å². The van der Waals surface area contributed by atoms with Crippen LogP contribution in [0.15, 0.2) is 23.0 Å². The summed E-state index contributed by atoms with van der Waals surface area (Å²) in [6, 6.07) is 1.64. The number of methoxy groups -OCH3 is 1. The first kappa shape index (κ1) is 12.3. The summed E-state index contributed by atoms with van der Waals surface area (Å²) in [5, 5.41) is 2.79. The fraction of sp³-hybridized carbons (Fsp3) is 0.500. The Kier molecular flexibility index (Phi) is 5.42. The minimum Gasteiger partial charge on any atom is -0.472 e. The van der Waals surface area contributed by atoms with Crippen LogP contribution in [0.5, 0.6) is 0 Å². The van der Waals surface area contributed by atoms with E-state index < -0.39 is 0 Å². The lowest BCUT2D eigenvalue weighted by molar-refractivity contribution is 0.0951. The van der Waals surface area contributed by atoms with E-state index >= 15 is 0 Å². The molecule has 15 heavy (non-hydrogen) atoms. The Morgan fingerprint density at radius 1 is 1.73 bits per heavy atom. The van der Waals surface area contributed by atoms with Gasteiger partial charge in [-0.3, -0.25) is 4.79 Å². The van der Waals surface area contributed by atoms with Crippen LogP contribution in [0.4, 0.5) is 0 Å². The van der Waals surface area contributed by atoms with Crippen LogP contribution in [-0.4, -0.2) is 31.0 Å². The monoisotopic (exact) mass is 275 g/mol. The molecule has 0 bridgehead atoms. The van der Waals surface area contributed by atoms with Gasteiger partial charge in [0.05, 0.1) is 18.4 Å². The fourth-order valence-corrected chi connectivity index (χ4v) is 1.60. The average Bonchev–Trinajstić information content (AvgIpc) is 2.70. The van der Waals surface area contributed by atoms with Gasteiger partial charge in [-0.15, -0.1) is 0 Å². The van der Waals surface area contributed by atoms with E-state index in [2.05, 4.69) is 21.2 Å². The molecule has 1 unspecified atom stereocenters. The largest absolute Gasteiger partial charge is 0.472 e. The Bertz CT molecular complexity index is 287. The summed E-state index contributed by atoms with van der Waals surface area (Å²) in [5.74, 6) is -0.110. The highest BCUT2D eigenvalue weighted by atomic mass is 79.9. The topological polar surface area (TPSA) is 51.5 Å². The fourth-order valence-electron chi connectivity index (χ4n) is 1.10. The minimum atomic E-state index is -0.110. The van der Waals surface area contributed by atoms with Crippen molar-refractivity contribution in [1.29, 1.82) is 0 Å². The zero-order valence-electron chi connectivity index (χ0n) is 8.53. The Morgan fingerprint density at radius 2 is 2.53 bits per heavy atom. The number of hydrogen-bond donors (Lipinski definition) is 1. The third kappa shape index (κ3) is 4.48. The average molecular weight is 276 g/mol. The SMILES string of the molecule is COCC(Br)CCNC(=O)c1ccoc1. The van der Waals surface area contributed by atoms with Crippen LogP contribution < -0.4 is 5.32 Å². The van der Waals surface area contributed by atoms with Gasteiger partial charge in [0.25, 0.3) is 5.91 Å². The molecule has 0 radical (unpaired) electrons. The van der Waals surface area contributed by atoms with Crippen LogP contribution >= 0.6 is 15.9 Å². The molecule has 0 fully saturated rings. The van der Waals surface area contributed by atoms with Crippen molar-refractivity contribution in [3.63, 3.8) is 0 Å². The number of amides is 1. The highest BCUT2D eigenvalue weighted by Gasteiger charge is 2.07. The molecule has 1 heterocycles. The second-order valence-corrected chi connectivity index (χ2v) is 4.40. The van der Waals surface area contributed by atoms with Gasteiger partial charge >= 0.3 is 0 Å². The number of rotatable bonds is 6. The number of hydrogen-bond acceptors (Lipinski definition) is 3. The maximum Gasteiger partial charge on any atom is 0.254 e. The quantitative estimate of drug-likeness (QED) is 0.806. The Labute approximate surface area is 97.1 Å². The Morgan fingerprint density at radius 3 is 3.13 bits per heavy atom. The number of carbonyl (C=O) groups excluding carboxylic acids is 1. The van der Waals surface area contributed by atoms with E-state index in [9.17, 15) is 4.79 Å². The number of ether oxygens (including phenoxy) is 1. The van der Waals surface area contributed by atoms with Crippen LogP contribution in [0.3, 0.4) is 0 Å². The van der Waals surface area contributed by atoms with Crippen molar-refractivity contribution < 1.29 is 13.9 Å². The zero-order chi connectivity index (χ0) is 11.1. The van der Waals surface area contributed by atoms with Crippen molar-refractivity contribution in [3.05, 3.63) is 24.2 Å². The molecule has 0 aromatic carbocycles. The van der Waals surface area contributed by atoms with Crippen molar-refractivity contribution in [2.45, 2.75) is 11.2 Å². The van der Waals surface area contributed by atoms with Crippen molar-refractivity contribution in [1.82, 2.24) is 5.32 Å². The summed E-state index contributed by atoms with van der Waals surface area (Å²) in [6.45, 7) is 1.25. The van der Waals surface area contributed by atoms with Crippen molar-refractivity contribution in [2.75, 3.05) is 20.3 Å². The van der Waals surface area contributed by atoms with Gasteiger partial charge < -0.3 is 14.5 Å². The predicted octanol–water partition coefficient (Wildman–Crippen LogP) is 1.81. The van der Waals surface area contributed by atoms with Crippen molar-refractivity contribution >= 4 is 21.8 Å². The molecule has 0 aliphatic carbocycles. The van der Waals surface area contributed by atoms with E-state index in [1.165, 1.54) is 12.5 Å². The Balaban J connectivity index is 2.18. The summed E-state index contributed by atoms with van der Waals surface area (Å²) in [4.78, 5) is 11.7. The van der Waals surface area contributed by atoms with E-state index in [1.807, 2.05) is 0 Å². The molecule has 0 saturated heterocycles. The molecule has 0 aliphatic rings. The molecule has 1 aromatic heterocycles. The van der Waals surface area contributed by atoms with Gasteiger partial charge in [0.1, 0.15) is 6.26 Å². The lowest BCUT2D eigenvalue weighted by Gasteiger charge is -2.08. The lowest BCUT2D eigenvalue weighted by Crippen LogP contribution is -2.26. The summed E-state index contributed by atoms with van der Waals surface area (Å²) in [6.07, 6.45) is 3.74. The van der Waals surface area contributed by atoms with Crippen LogP contribution in [0, 0.1) is 0 Å². The van der Waals surface area contributed by atoms with Crippen molar-refractivity contribution in [3.8, 4) is 0 Å². The van der Waals surface area contributed by atoms with Gasteiger partial charge in [-0.2, -0.15) is 0 Å². The molecule has 1 atom stereocenters. The molecule has 1 aromatic rings. The molecule has 5 heteroatoms. The van der Waals surface area contributed by atoms with Crippen LogP contribution in [0.1, 0.15) is 16.8 Å². The van der Waals surface area contributed by atoms with Crippen LogP contribution in [0.25, 0.3) is 0 Å². The normalized spacial score (nSPS) is 12.4. The molecule has 4 nitrogen and oxygen atoms in total. The number of nitrogens with one attached hydrogen (secondary N) is 1. The lowest BCUT2D eigenvalue weighted by atomic mass is 10.3. The maximum atomic E-state index is 11.4. The molecular formula is C10H14BrNO3. The van der Waals surface area contributed by atoms with E-state index in [4.69, 9.17) is 9.15 Å². The van der Waals surface area contributed by atoms with Gasteiger partial charge in [0.2, 0.25) is 0 Å². The van der Waals surface area contributed by atoms with Gasteiger partial charge in [-0.05, 0) is 12.5 Å². The molecule has 0 spiro atoms. The molecule has 0 saturated carbocycles. The standard InChI is InChI=1S/C10H14BrNO3/c1-14-7-9(11)2-4-12-10(13)8-3-5-15-6-8/h3,5-6,9H,2,4,7H2,1H3,(H,12,13). The van der Waals surface area contributed by atoms with E-state index in [-0.39, 0.29) is 10.7 Å². The van der Waals surface area contributed by atoms with E-state index in [0.717, 1.165) is 6.42 Å². The molecule has 1 amide bonds. The third-order valence-electron chi connectivity index (χ3n) is 1.87. The van der Waals surface area contributed by atoms with Crippen LogP contribution in [0.2, 0.25) is 0 Å². The first-order valence-corrected chi connectivity index (χ1v) is 5.59. The first-order chi connectivity index (χ1) is 7.24. The van der Waals surface area contributed by atoms with Gasteiger partial charge in [-0.1, -0.05) is 15.9 Å². The molecule has 1 N–H and O–H groups in total. The smallest absolute Gasteiger partial charge is 0.254 e. The number of halogens is 1. The minimum absolute atomic E-state index is 0.110. The van der Waals surface area contributed by atoms with Crippen LogP contribution in [-0.2, 0) is 4.74 Å². The third-order valence-corrected chi connectivity index (χ3v) is 2.60. The first-order valence-electron chi connectivity index (χ1n) is 4.67. The van der Waals surface area contributed by atoms with E-state index in [1.54, 1.807) is 13.2 Å². The molecule has 1 rings (SSSR count). The highest BCUT2D eigenvalue weighted by Crippen LogP contribution is 2.04. The Hall–Kier alpha value is -0.810. The molecule has 0 aliphatic heterocycles. The second-order valence-electron chi connectivity index (χ2n) is 3.11. The number of carbonyl (C=O) groups is 1. The van der Waals surface area contributed by atoms with Gasteiger partial charge in [0.15, 0.2) is 0 Å².